The molecule has 17 heavy (non-hydrogen) atoms. The summed E-state index contributed by atoms with van der Waals surface area (Å²) >= 11 is 13.0. The summed E-state index contributed by atoms with van der Waals surface area (Å²) in [5.74, 6) is -0.0292. The minimum atomic E-state index is -0.0292. The van der Waals surface area contributed by atoms with Gasteiger partial charge in [-0.2, -0.15) is 0 Å². The topological polar surface area (TPSA) is 40.5 Å². The Balaban J connectivity index is 2.02. The molecule has 0 aromatic carbocycles. The zero-order valence-corrected chi connectivity index (χ0v) is 11.5. The number of nitrogens with zero attached hydrogens (tertiary/aromatic N) is 1. The van der Waals surface area contributed by atoms with E-state index in [1.54, 1.807) is 6.07 Å². The Morgan fingerprint density at radius 3 is 2.71 bits per heavy atom. The third kappa shape index (κ3) is 3.42. The molecule has 0 bridgehead atoms. The van der Waals surface area contributed by atoms with E-state index in [0.29, 0.717) is 33.4 Å². The number of halogens is 2. The van der Waals surface area contributed by atoms with E-state index in [0.717, 1.165) is 12.8 Å². The van der Waals surface area contributed by atoms with Gasteiger partial charge in [0, 0.05) is 12.6 Å². The third-order valence-corrected chi connectivity index (χ3v) is 4.24. The monoisotopic (exact) mass is 293 g/mol. The Hall–Kier alpha value is -0.130. The first-order chi connectivity index (χ1) is 8.11. The smallest absolute Gasteiger partial charge is 0.179 e. The second-order valence-corrected chi connectivity index (χ2v) is 6.37. The molecule has 1 aliphatic carbocycles. The van der Waals surface area contributed by atoms with Gasteiger partial charge in [-0.15, -0.1) is 11.3 Å². The van der Waals surface area contributed by atoms with Crippen LogP contribution in [0.3, 0.4) is 0 Å². The standard InChI is InChI=1S/C11H13Cl2NO2S/c12-10-5-8(11(13)17-10)9(16)6-14(3-4-15)7-1-2-7/h5,7,15H,1-4,6H2. The van der Waals surface area contributed by atoms with Crippen molar-refractivity contribution in [1.29, 1.82) is 0 Å². The van der Waals surface area contributed by atoms with Gasteiger partial charge in [0.15, 0.2) is 5.78 Å². The lowest BCUT2D eigenvalue weighted by Gasteiger charge is -2.19. The summed E-state index contributed by atoms with van der Waals surface area (Å²) < 4.78 is 0.971. The second kappa shape index (κ2) is 5.67. The van der Waals surface area contributed by atoms with Gasteiger partial charge in [-0.25, -0.2) is 0 Å². The van der Waals surface area contributed by atoms with Gasteiger partial charge in [-0.1, -0.05) is 23.2 Å². The maximum atomic E-state index is 12.0. The maximum Gasteiger partial charge on any atom is 0.179 e. The third-order valence-electron chi connectivity index (χ3n) is 2.75. The van der Waals surface area contributed by atoms with Crippen molar-refractivity contribution in [3.8, 4) is 0 Å². The van der Waals surface area contributed by atoms with Crippen molar-refractivity contribution < 1.29 is 9.90 Å². The zero-order chi connectivity index (χ0) is 12.4. The van der Waals surface area contributed by atoms with Crippen molar-refractivity contribution in [2.75, 3.05) is 19.7 Å². The first-order valence-electron chi connectivity index (χ1n) is 5.44. The van der Waals surface area contributed by atoms with Gasteiger partial charge in [0.2, 0.25) is 0 Å². The van der Waals surface area contributed by atoms with Crippen LogP contribution >= 0.6 is 34.5 Å². The molecule has 1 aromatic rings. The summed E-state index contributed by atoms with van der Waals surface area (Å²) in [5.41, 5.74) is 0.491. The number of aliphatic hydroxyl groups excluding tert-OH is 1. The highest BCUT2D eigenvalue weighted by atomic mass is 35.5. The Bertz CT molecular complexity index is 418. The Labute approximate surface area is 114 Å². The van der Waals surface area contributed by atoms with Gasteiger partial charge in [0.25, 0.3) is 0 Å². The fourth-order valence-corrected chi connectivity index (χ4v) is 3.26. The quantitative estimate of drug-likeness (QED) is 0.820. The normalized spacial score (nSPS) is 15.5. The molecule has 94 valence electrons. The molecule has 1 heterocycles. The van der Waals surface area contributed by atoms with Gasteiger partial charge in [0.1, 0.15) is 4.34 Å². The van der Waals surface area contributed by atoms with Crippen LogP contribution in [0.15, 0.2) is 6.07 Å². The van der Waals surface area contributed by atoms with Crippen molar-refractivity contribution >= 4 is 40.3 Å². The van der Waals surface area contributed by atoms with E-state index >= 15 is 0 Å². The minimum Gasteiger partial charge on any atom is -0.395 e. The molecule has 0 radical (unpaired) electrons. The average molecular weight is 294 g/mol. The van der Waals surface area contributed by atoms with E-state index in [2.05, 4.69) is 0 Å². The second-order valence-electron chi connectivity index (χ2n) is 4.09. The number of ketones is 1. The van der Waals surface area contributed by atoms with Crippen LogP contribution in [0.5, 0.6) is 0 Å². The predicted octanol–water partition coefficient (Wildman–Crippen LogP) is 2.69. The summed E-state index contributed by atoms with van der Waals surface area (Å²) in [5, 5.41) is 8.96. The lowest BCUT2D eigenvalue weighted by Crippen LogP contribution is -2.34. The Kier molecular flexibility index (Phi) is 4.44. The molecule has 0 amide bonds. The molecular formula is C11H13Cl2NO2S. The molecule has 2 rings (SSSR count). The van der Waals surface area contributed by atoms with Crippen LogP contribution in [0, 0.1) is 0 Å². The SMILES string of the molecule is O=C(CN(CCO)C1CC1)c1cc(Cl)sc1Cl. The fourth-order valence-electron chi connectivity index (χ4n) is 1.76. The number of aliphatic hydroxyl groups is 1. The largest absolute Gasteiger partial charge is 0.395 e. The molecule has 3 nitrogen and oxygen atoms in total. The molecule has 0 atom stereocenters. The number of carbonyl (C=O) groups is 1. The zero-order valence-electron chi connectivity index (χ0n) is 9.16. The average Bonchev–Trinajstić information content (AvgIpc) is 3.04. The molecular weight excluding hydrogens is 281 g/mol. The summed E-state index contributed by atoms with van der Waals surface area (Å²) in [7, 11) is 0. The number of carbonyl (C=O) groups excluding carboxylic acids is 1. The number of hydrogen-bond acceptors (Lipinski definition) is 4. The first kappa shape index (κ1) is 13.3. The molecule has 1 saturated carbocycles. The van der Waals surface area contributed by atoms with E-state index < -0.39 is 0 Å². The first-order valence-corrected chi connectivity index (χ1v) is 7.02. The van der Waals surface area contributed by atoms with Gasteiger partial charge in [-0.05, 0) is 18.9 Å². The van der Waals surface area contributed by atoms with Gasteiger partial charge < -0.3 is 5.11 Å². The van der Waals surface area contributed by atoms with Crippen molar-refractivity contribution in [2.45, 2.75) is 18.9 Å². The van der Waals surface area contributed by atoms with Crippen LogP contribution in [0.25, 0.3) is 0 Å². The molecule has 1 N–H and O–H groups in total. The van der Waals surface area contributed by atoms with Crippen LogP contribution in [-0.4, -0.2) is 41.5 Å². The predicted molar refractivity (Wildman–Crippen MR) is 70.4 cm³/mol. The van der Waals surface area contributed by atoms with Crippen LogP contribution < -0.4 is 0 Å². The highest BCUT2D eigenvalue weighted by Gasteiger charge is 2.30. The van der Waals surface area contributed by atoms with E-state index in [-0.39, 0.29) is 12.4 Å². The van der Waals surface area contributed by atoms with Crippen LogP contribution in [0.2, 0.25) is 8.67 Å². The lowest BCUT2D eigenvalue weighted by molar-refractivity contribution is 0.0908. The molecule has 1 fully saturated rings. The van der Waals surface area contributed by atoms with Crippen molar-refractivity contribution in [1.82, 2.24) is 4.90 Å². The molecule has 0 aliphatic heterocycles. The maximum absolute atomic E-state index is 12.0. The van der Waals surface area contributed by atoms with Gasteiger partial charge in [-0.3, -0.25) is 9.69 Å². The van der Waals surface area contributed by atoms with Crippen molar-refractivity contribution in [3.63, 3.8) is 0 Å². The van der Waals surface area contributed by atoms with E-state index in [1.807, 2.05) is 4.90 Å². The lowest BCUT2D eigenvalue weighted by atomic mass is 10.2. The number of rotatable bonds is 6. The van der Waals surface area contributed by atoms with Crippen LogP contribution in [-0.2, 0) is 0 Å². The minimum absolute atomic E-state index is 0.0292. The number of hydrogen-bond donors (Lipinski definition) is 1. The van der Waals surface area contributed by atoms with E-state index in [4.69, 9.17) is 28.3 Å². The number of Topliss-reactive ketones (excluding diaryl/α,β-unsaturated/α-hetero) is 1. The summed E-state index contributed by atoms with van der Waals surface area (Å²) in [6, 6.07) is 2.06. The van der Waals surface area contributed by atoms with Crippen molar-refractivity contribution in [3.05, 3.63) is 20.3 Å². The Morgan fingerprint density at radius 2 is 2.24 bits per heavy atom. The van der Waals surface area contributed by atoms with E-state index in [9.17, 15) is 4.79 Å². The molecule has 0 unspecified atom stereocenters. The highest BCUT2D eigenvalue weighted by molar-refractivity contribution is 7.20. The summed E-state index contributed by atoms with van der Waals surface area (Å²) in [6.45, 7) is 0.909. The summed E-state index contributed by atoms with van der Waals surface area (Å²) in [6.07, 6.45) is 2.21. The van der Waals surface area contributed by atoms with Gasteiger partial charge >= 0.3 is 0 Å². The number of thiophene rings is 1. The molecule has 0 spiro atoms. The highest BCUT2D eigenvalue weighted by Crippen LogP contribution is 2.32. The van der Waals surface area contributed by atoms with E-state index in [1.165, 1.54) is 11.3 Å². The fraction of sp³-hybridized carbons (Fsp3) is 0.545. The Morgan fingerprint density at radius 1 is 1.53 bits per heavy atom. The molecule has 1 aromatic heterocycles. The van der Waals surface area contributed by atoms with Gasteiger partial charge in [0.05, 0.1) is 23.1 Å². The molecule has 1 aliphatic rings. The molecule has 6 heteroatoms. The molecule has 0 saturated heterocycles. The van der Waals surface area contributed by atoms with Crippen LogP contribution in [0.1, 0.15) is 23.2 Å². The van der Waals surface area contributed by atoms with Crippen LogP contribution in [0.4, 0.5) is 0 Å². The summed E-state index contributed by atoms with van der Waals surface area (Å²) in [4.78, 5) is 14.0. The van der Waals surface area contributed by atoms with Crippen molar-refractivity contribution in [2.24, 2.45) is 0 Å².